The van der Waals surface area contributed by atoms with E-state index in [0.717, 1.165) is 38.0 Å². The van der Waals surface area contributed by atoms with Crippen molar-refractivity contribution in [3.63, 3.8) is 0 Å². The Kier molecular flexibility index (Phi) is 7.03. The largest absolute Gasteiger partial charge is 0.326 e. The fourth-order valence-electron chi connectivity index (χ4n) is 2.69. The zero-order chi connectivity index (χ0) is 13.7. The SMILES string of the molecule is CCc1cc(NC(=O)CC2CCNCC2)ccc1C.Cl. The summed E-state index contributed by atoms with van der Waals surface area (Å²) >= 11 is 0. The number of nitrogens with one attached hydrogen (secondary N) is 2. The molecule has 112 valence electrons. The van der Waals surface area contributed by atoms with Crippen molar-refractivity contribution in [2.45, 2.75) is 39.5 Å². The lowest BCUT2D eigenvalue weighted by Crippen LogP contribution is -2.30. The van der Waals surface area contributed by atoms with Gasteiger partial charge >= 0.3 is 0 Å². The first-order valence-corrected chi connectivity index (χ1v) is 7.29. The molecule has 1 saturated heterocycles. The molecule has 3 nitrogen and oxygen atoms in total. The number of amides is 1. The van der Waals surface area contributed by atoms with Crippen LogP contribution in [0.15, 0.2) is 18.2 Å². The van der Waals surface area contributed by atoms with Crippen molar-refractivity contribution < 1.29 is 4.79 Å². The van der Waals surface area contributed by atoms with E-state index in [9.17, 15) is 4.79 Å². The molecule has 0 atom stereocenters. The highest BCUT2D eigenvalue weighted by Crippen LogP contribution is 2.19. The van der Waals surface area contributed by atoms with E-state index in [2.05, 4.69) is 36.6 Å². The number of hydrogen-bond donors (Lipinski definition) is 2. The molecule has 1 fully saturated rings. The third-order valence-corrected chi connectivity index (χ3v) is 3.95. The molecule has 1 aliphatic heterocycles. The lowest BCUT2D eigenvalue weighted by Gasteiger charge is -2.22. The molecule has 0 bridgehead atoms. The van der Waals surface area contributed by atoms with Gasteiger partial charge < -0.3 is 10.6 Å². The van der Waals surface area contributed by atoms with Crippen LogP contribution in [-0.2, 0) is 11.2 Å². The van der Waals surface area contributed by atoms with Gasteiger partial charge in [0.15, 0.2) is 0 Å². The first kappa shape index (κ1) is 17.0. The molecule has 1 aromatic rings. The molecule has 0 unspecified atom stereocenters. The van der Waals surface area contributed by atoms with E-state index < -0.39 is 0 Å². The van der Waals surface area contributed by atoms with Gasteiger partial charge in [0.25, 0.3) is 0 Å². The lowest BCUT2D eigenvalue weighted by atomic mass is 9.94. The van der Waals surface area contributed by atoms with Gasteiger partial charge in [-0.3, -0.25) is 4.79 Å². The Hall–Kier alpha value is -1.06. The van der Waals surface area contributed by atoms with Gasteiger partial charge in [0, 0.05) is 12.1 Å². The van der Waals surface area contributed by atoms with Crippen LogP contribution in [-0.4, -0.2) is 19.0 Å². The summed E-state index contributed by atoms with van der Waals surface area (Å²) in [5.41, 5.74) is 3.53. The smallest absolute Gasteiger partial charge is 0.224 e. The molecule has 1 heterocycles. The second-order valence-electron chi connectivity index (χ2n) is 5.44. The number of rotatable bonds is 4. The summed E-state index contributed by atoms with van der Waals surface area (Å²) in [6.07, 6.45) is 3.88. The van der Waals surface area contributed by atoms with Crippen LogP contribution in [0.3, 0.4) is 0 Å². The van der Waals surface area contributed by atoms with Crippen LogP contribution < -0.4 is 10.6 Å². The lowest BCUT2D eigenvalue weighted by molar-refractivity contribution is -0.117. The number of piperidine rings is 1. The van der Waals surface area contributed by atoms with Crippen LogP contribution in [0.2, 0.25) is 0 Å². The maximum Gasteiger partial charge on any atom is 0.224 e. The molecule has 20 heavy (non-hydrogen) atoms. The summed E-state index contributed by atoms with van der Waals surface area (Å²) in [6.45, 7) is 6.34. The summed E-state index contributed by atoms with van der Waals surface area (Å²) in [4.78, 5) is 12.0. The maximum absolute atomic E-state index is 12.0. The number of hydrogen-bond acceptors (Lipinski definition) is 2. The molecule has 0 aromatic heterocycles. The van der Waals surface area contributed by atoms with Crippen LogP contribution >= 0.6 is 12.4 Å². The van der Waals surface area contributed by atoms with E-state index in [4.69, 9.17) is 0 Å². The van der Waals surface area contributed by atoms with Crippen molar-refractivity contribution >= 4 is 24.0 Å². The average molecular weight is 297 g/mol. The predicted octanol–water partition coefficient (Wildman–Crippen LogP) is 3.31. The van der Waals surface area contributed by atoms with Gasteiger partial charge in [0.2, 0.25) is 5.91 Å². The molecule has 2 rings (SSSR count). The zero-order valence-electron chi connectivity index (χ0n) is 12.4. The van der Waals surface area contributed by atoms with Gasteiger partial charge in [0.1, 0.15) is 0 Å². The van der Waals surface area contributed by atoms with Crippen molar-refractivity contribution in [3.05, 3.63) is 29.3 Å². The van der Waals surface area contributed by atoms with Crippen LogP contribution in [0.4, 0.5) is 5.69 Å². The molecule has 0 spiro atoms. The monoisotopic (exact) mass is 296 g/mol. The quantitative estimate of drug-likeness (QED) is 0.895. The van der Waals surface area contributed by atoms with E-state index in [1.54, 1.807) is 0 Å². The van der Waals surface area contributed by atoms with E-state index in [0.29, 0.717) is 12.3 Å². The van der Waals surface area contributed by atoms with Gasteiger partial charge in [-0.2, -0.15) is 0 Å². The van der Waals surface area contributed by atoms with Crippen LogP contribution in [0.5, 0.6) is 0 Å². The zero-order valence-corrected chi connectivity index (χ0v) is 13.2. The van der Waals surface area contributed by atoms with Crippen molar-refractivity contribution in [1.29, 1.82) is 0 Å². The fourth-order valence-corrected chi connectivity index (χ4v) is 2.69. The molecule has 1 aromatic carbocycles. The number of anilines is 1. The Morgan fingerprint density at radius 3 is 2.70 bits per heavy atom. The summed E-state index contributed by atoms with van der Waals surface area (Å²) < 4.78 is 0. The fraction of sp³-hybridized carbons (Fsp3) is 0.562. The number of benzene rings is 1. The number of aryl methyl sites for hydroxylation is 2. The number of halogens is 1. The van der Waals surface area contributed by atoms with E-state index >= 15 is 0 Å². The highest BCUT2D eigenvalue weighted by atomic mass is 35.5. The Bertz CT molecular complexity index is 442. The summed E-state index contributed by atoms with van der Waals surface area (Å²) in [5, 5.41) is 6.36. The number of carbonyl (C=O) groups is 1. The highest BCUT2D eigenvalue weighted by molar-refractivity contribution is 5.91. The Morgan fingerprint density at radius 1 is 1.35 bits per heavy atom. The first-order valence-electron chi connectivity index (χ1n) is 7.29. The van der Waals surface area contributed by atoms with Gasteiger partial charge in [-0.25, -0.2) is 0 Å². The Balaban J connectivity index is 0.00000200. The van der Waals surface area contributed by atoms with Crippen LogP contribution in [0.1, 0.15) is 37.3 Å². The van der Waals surface area contributed by atoms with Crippen molar-refractivity contribution in [2.75, 3.05) is 18.4 Å². The molecule has 2 N–H and O–H groups in total. The summed E-state index contributed by atoms with van der Waals surface area (Å²) in [6, 6.07) is 6.17. The summed E-state index contributed by atoms with van der Waals surface area (Å²) in [5.74, 6) is 0.690. The van der Waals surface area contributed by atoms with Gasteiger partial charge in [-0.1, -0.05) is 13.0 Å². The van der Waals surface area contributed by atoms with Gasteiger partial charge in [-0.15, -0.1) is 12.4 Å². The molecule has 4 heteroatoms. The molecular weight excluding hydrogens is 272 g/mol. The third-order valence-electron chi connectivity index (χ3n) is 3.95. The van der Waals surface area contributed by atoms with E-state index in [-0.39, 0.29) is 18.3 Å². The molecule has 1 aliphatic rings. The number of carbonyl (C=O) groups excluding carboxylic acids is 1. The molecule has 0 saturated carbocycles. The summed E-state index contributed by atoms with van der Waals surface area (Å²) in [7, 11) is 0. The molecular formula is C16H25ClN2O. The molecule has 0 radical (unpaired) electrons. The van der Waals surface area contributed by atoms with E-state index in [1.165, 1.54) is 11.1 Å². The topological polar surface area (TPSA) is 41.1 Å². The second-order valence-corrected chi connectivity index (χ2v) is 5.44. The minimum absolute atomic E-state index is 0. The maximum atomic E-state index is 12.0. The van der Waals surface area contributed by atoms with Crippen molar-refractivity contribution in [1.82, 2.24) is 5.32 Å². The minimum Gasteiger partial charge on any atom is -0.326 e. The van der Waals surface area contributed by atoms with Gasteiger partial charge in [-0.05, 0) is 68.5 Å². The van der Waals surface area contributed by atoms with Crippen molar-refractivity contribution in [2.24, 2.45) is 5.92 Å². The van der Waals surface area contributed by atoms with Gasteiger partial charge in [0.05, 0.1) is 0 Å². The van der Waals surface area contributed by atoms with Crippen LogP contribution in [0, 0.1) is 12.8 Å². The Morgan fingerprint density at radius 2 is 2.05 bits per heavy atom. The minimum atomic E-state index is 0. The normalized spacial score (nSPS) is 15.5. The third kappa shape index (κ3) is 4.80. The average Bonchev–Trinajstić information content (AvgIpc) is 2.42. The van der Waals surface area contributed by atoms with E-state index in [1.807, 2.05) is 6.07 Å². The predicted molar refractivity (Wildman–Crippen MR) is 86.6 cm³/mol. The first-order chi connectivity index (χ1) is 9.19. The standard InChI is InChI=1S/C16H24N2O.ClH/c1-3-14-11-15(5-4-12(14)2)18-16(19)10-13-6-8-17-9-7-13;/h4-5,11,13,17H,3,6-10H2,1-2H3,(H,18,19);1H. The Labute approximate surface area is 127 Å². The van der Waals surface area contributed by atoms with Crippen LogP contribution in [0.25, 0.3) is 0 Å². The van der Waals surface area contributed by atoms with Crippen molar-refractivity contribution in [3.8, 4) is 0 Å². The molecule has 0 aliphatic carbocycles. The highest BCUT2D eigenvalue weighted by Gasteiger charge is 2.16. The molecule has 1 amide bonds. The second kappa shape index (κ2) is 8.28.